The molecule has 108 valence electrons. The lowest BCUT2D eigenvalue weighted by atomic mass is 10.0. The molecule has 0 aromatic heterocycles. The summed E-state index contributed by atoms with van der Waals surface area (Å²) in [4.78, 5) is 13.3. The van der Waals surface area contributed by atoms with Crippen molar-refractivity contribution in [2.24, 2.45) is 0 Å². The topological polar surface area (TPSA) is 29.1 Å². The number of amides is 1. The minimum Gasteiger partial charge on any atom is -0.345 e. The van der Waals surface area contributed by atoms with Gasteiger partial charge in [0.25, 0.3) is 5.91 Å². The number of hydrogen-bond acceptors (Lipinski definition) is 2. The molecule has 2 aromatic carbocycles. The molecule has 1 heterocycles. The van der Waals surface area contributed by atoms with E-state index in [9.17, 15) is 9.18 Å². The molecule has 0 saturated heterocycles. The van der Waals surface area contributed by atoms with Gasteiger partial charge in [0.2, 0.25) is 0 Å². The molecule has 2 nitrogen and oxygen atoms in total. The Bertz CT molecular complexity index is 674. The number of nitrogens with one attached hydrogen (secondary N) is 1. The number of fused-ring (bicyclic) bond motifs is 1. The molecule has 5 heteroatoms. The number of hydrogen-bond donors (Lipinski definition) is 1. The third-order valence-electron chi connectivity index (χ3n) is 3.42. The average molecular weight is 322 g/mol. The lowest BCUT2D eigenvalue weighted by Gasteiger charge is -2.26. The molecule has 1 aliphatic heterocycles. The zero-order chi connectivity index (χ0) is 14.8. The molecule has 0 saturated carbocycles. The summed E-state index contributed by atoms with van der Waals surface area (Å²) < 4.78 is 13.4. The summed E-state index contributed by atoms with van der Waals surface area (Å²) in [5, 5.41) is 3.57. The Labute approximate surface area is 131 Å². The zero-order valence-electron chi connectivity index (χ0n) is 11.1. The second kappa shape index (κ2) is 6.08. The fourth-order valence-corrected chi connectivity index (χ4v) is 3.59. The third-order valence-corrected chi connectivity index (χ3v) is 4.80. The normalized spacial score (nSPS) is 17.1. The van der Waals surface area contributed by atoms with Crippen LogP contribution in [0.4, 0.5) is 4.39 Å². The van der Waals surface area contributed by atoms with Gasteiger partial charge < -0.3 is 5.32 Å². The van der Waals surface area contributed by atoms with Crippen molar-refractivity contribution in [3.63, 3.8) is 0 Å². The largest absolute Gasteiger partial charge is 0.345 e. The first-order chi connectivity index (χ1) is 10.1. The molecule has 0 aliphatic carbocycles. The number of benzene rings is 2. The Morgan fingerprint density at radius 1 is 1.24 bits per heavy atom. The number of thioether (sulfide) groups is 1. The molecule has 0 spiro atoms. The predicted octanol–water partition coefficient (Wildman–Crippen LogP) is 4.45. The molecule has 1 amide bonds. The van der Waals surface area contributed by atoms with Gasteiger partial charge in [0.15, 0.2) is 0 Å². The second-order valence-electron chi connectivity index (χ2n) is 4.85. The van der Waals surface area contributed by atoms with E-state index in [-0.39, 0.29) is 17.8 Å². The van der Waals surface area contributed by atoms with Gasteiger partial charge in [0, 0.05) is 21.2 Å². The van der Waals surface area contributed by atoms with Crippen LogP contribution in [-0.2, 0) is 0 Å². The first kappa shape index (κ1) is 14.4. The summed E-state index contributed by atoms with van der Waals surface area (Å²) in [5.74, 6) is 0.463. The van der Waals surface area contributed by atoms with Crippen LogP contribution in [-0.4, -0.2) is 11.7 Å². The maximum Gasteiger partial charge on any atom is 0.251 e. The molecule has 2 aromatic rings. The van der Waals surface area contributed by atoms with E-state index in [1.54, 1.807) is 42.1 Å². The highest BCUT2D eigenvalue weighted by molar-refractivity contribution is 7.99. The maximum atomic E-state index is 13.4. The monoisotopic (exact) mass is 321 g/mol. The van der Waals surface area contributed by atoms with E-state index >= 15 is 0 Å². The maximum absolute atomic E-state index is 13.4. The van der Waals surface area contributed by atoms with Crippen LogP contribution in [0.3, 0.4) is 0 Å². The Morgan fingerprint density at radius 3 is 2.76 bits per heavy atom. The van der Waals surface area contributed by atoms with E-state index in [4.69, 9.17) is 11.6 Å². The lowest BCUT2D eigenvalue weighted by Crippen LogP contribution is -2.30. The van der Waals surface area contributed by atoms with Crippen LogP contribution < -0.4 is 5.32 Å². The number of carbonyl (C=O) groups is 1. The summed E-state index contributed by atoms with van der Waals surface area (Å²) in [6.07, 6.45) is 0.792. The van der Waals surface area contributed by atoms with Crippen molar-refractivity contribution in [3.05, 3.63) is 64.4 Å². The van der Waals surface area contributed by atoms with Crippen molar-refractivity contribution in [3.8, 4) is 0 Å². The first-order valence-corrected chi connectivity index (χ1v) is 7.98. The molecule has 0 fully saturated rings. The van der Waals surface area contributed by atoms with Crippen LogP contribution in [0.15, 0.2) is 47.4 Å². The highest BCUT2D eigenvalue weighted by Gasteiger charge is 2.23. The van der Waals surface area contributed by atoms with E-state index in [1.165, 1.54) is 12.1 Å². The second-order valence-corrected chi connectivity index (χ2v) is 6.43. The van der Waals surface area contributed by atoms with E-state index in [2.05, 4.69) is 5.32 Å². The smallest absolute Gasteiger partial charge is 0.251 e. The molecule has 3 rings (SSSR count). The molecule has 21 heavy (non-hydrogen) atoms. The summed E-state index contributed by atoms with van der Waals surface area (Å²) >= 11 is 7.51. The van der Waals surface area contributed by atoms with E-state index < -0.39 is 0 Å². The number of carbonyl (C=O) groups excluding carboxylic acids is 1. The molecular weight excluding hydrogens is 309 g/mol. The van der Waals surface area contributed by atoms with Crippen molar-refractivity contribution >= 4 is 29.3 Å². The van der Waals surface area contributed by atoms with Gasteiger partial charge in [-0.3, -0.25) is 4.79 Å². The summed E-state index contributed by atoms with van der Waals surface area (Å²) in [6, 6.07) is 11.3. The Balaban J connectivity index is 1.81. The van der Waals surface area contributed by atoms with Gasteiger partial charge in [-0.15, -0.1) is 11.8 Å². The Morgan fingerprint density at radius 2 is 2.00 bits per heavy atom. The highest BCUT2D eigenvalue weighted by atomic mass is 35.5. The van der Waals surface area contributed by atoms with Crippen LogP contribution in [0.2, 0.25) is 5.02 Å². The van der Waals surface area contributed by atoms with Gasteiger partial charge in [-0.05, 0) is 54.4 Å². The molecule has 1 aliphatic rings. The van der Waals surface area contributed by atoms with E-state index in [0.717, 1.165) is 22.6 Å². The average Bonchev–Trinajstić information content (AvgIpc) is 2.48. The van der Waals surface area contributed by atoms with Crippen LogP contribution in [0, 0.1) is 5.82 Å². The fraction of sp³-hybridized carbons (Fsp3) is 0.188. The third kappa shape index (κ3) is 3.22. The van der Waals surface area contributed by atoms with Crippen molar-refractivity contribution < 1.29 is 9.18 Å². The lowest BCUT2D eigenvalue weighted by molar-refractivity contribution is 0.0935. The minimum absolute atomic E-state index is 0.153. The molecule has 1 atom stereocenters. The predicted molar refractivity (Wildman–Crippen MR) is 83.4 cm³/mol. The van der Waals surface area contributed by atoms with Crippen molar-refractivity contribution in [1.82, 2.24) is 5.32 Å². The van der Waals surface area contributed by atoms with Gasteiger partial charge in [-0.1, -0.05) is 11.6 Å². The molecule has 1 N–H and O–H groups in total. The van der Waals surface area contributed by atoms with Crippen LogP contribution >= 0.6 is 23.4 Å². The number of halogens is 2. The van der Waals surface area contributed by atoms with Crippen LogP contribution in [0.1, 0.15) is 28.4 Å². The van der Waals surface area contributed by atoms with Crippen molar-refractivity contribution in [1.29, 1.82) is 0 Å². The van der Waals surface area contributed by atoms with Crippen molar-refractivity contribution in [2.45, 2.75) is 17.4 Å². The molecule has 1 unspecified atom stereocenters. The quantitative estimate of drug-likeness (QED) is 0.885. The standard InChI is InChI=1S/C16H13ClFNOS/c17-11-3-1-10(2-4-11)16(20)19-14-7-8-21-15-6-5-12(18)9-13(14)15/h1-6,9,14H,7-8H2,(H,19,20). The minimum atomic E-state index is -0.276. The van der Waals surface area contributed by atoms with Gasteiger partial charge in [-0.25, -0.2) is 4.39 Å². The van der Waals surface area contributed by atoms with Crippen molar-refractivity contribution in [2.75, 3.05) is 5.75 Å². The summed E-state index contributed by atoms with van der Waals surface area (Å²) in [7, 11) is 0. The fourth-order valence-electron chi connectivity index (χ4n) is 2.36. The summed E-state index contributed by atoms with van der Waals surface area (Å²) in [5.41, 5.74) is 1.41. The van der Waals surface area contributed by atoms with E-state index in [0.29, 0.717) is 10.6 Å². The van der Waals surface area contributed by atoms with Gasteiger partial charge in [-0.2, -0.15) is 0 Å². The summed E-state index contributed by atoms with van der Waals surface area (Å²) in [6.45, 7) is 0. The van der Waals surface area contributed by atoms with Gasteiger partial charge in [0.1, 0.15) is 5.82 Å². The van der Waals surface area contributed by atoms with E-state index in [1.807, 2.05) is 0 Å². The van der Waals surface area contributed by atoms with Gasteiger partial charge >= 0.3 is 0 Å². The molecular formula is C16H13ClFNOS. The zero-order valence-corrected chi connectivity index (χ0v) is 12.7. The Hall–Kier alpha value is -1.52. The first-order valence-electron chi connectivity index (χ1n) is 6.62. The highest BCUT2D eigenvalue weighted by Crippen LogP contribution is 2.36. The molecule has 0 bridgehead atoms. The number of rotatable bonds is 2. The van der Waals surface area contributed by atoms with Crippen LogP contribution in [0.5, 0.6) is 0 Å². The Kier molecular flexibility index (Phi) is 4.17. The van der Waals surface area contributed by atoms with Gasteiger partial charge in [0.05, 0.1) is 6.04 Å². The SMILES string of the molecule is O=C(NC1CCSc2ccc(F)cc21)c1ccc(Cl)cc1. The van der Waals surface area contributed by atoms with Crippen LogP contribution in [0.25, 0.3) is 0 Å². The molecule has 0 radical (unpaired) electrons.